The zero-order valence-electron chi connectivity index (χ0n) is 16.4. The molecular weight excluding hydrogens is 316 g/mol. The summed E-state index contributed by atoms with van der Waals surface area (Å²) < 4.78 is 11.5. The van der Waals surface area contributed by atoms with Crippen molar-refractivity contribution in [3.8, 4) is 0 Å². The number of carbonyl (C=O) groups is 2. The summed E-state index contributed by atoms with van der Waals surface area (Å²) in [5, 5.41) is 0. The topological polar surface area (TPSA) is 52.6 Å². The second kappa shape index (κ2) is 9.02. The van der Waals surface area contributed by atoms with Crippen LogP contribution in [0.15, 0.2) is 30.3 Å². The lowest BCUT2D eigenvalue weighted by Gasteiger charge is -2.38. The number of hydrogen-bond acceptors (Lipinski definition) is 4. The predicted molar refractivity (Wildman–Crippen MR) is 99.2 cm³/mol. The van der Waals surface area contributed by atoms with Crippen LogP contribution >= 0.6 is 0 Å². The Bertz CT molecular complexity index is 563. The van der Waals surface area contributed by atoms with Crippen molar-refractivity contribution in [3.63, 3.8) is 0 Å². The van der Waals surface area contributed by atoms with E-state index in [0.717, 1.165) is 5.56 Å². The molecule has 2 atom stereocenters. The molecule has 140 valence electrons. The second-order valence-electron chi connectivity index (χ2n) is 6.97. The largest absolute Gasteiger partial charge is 0.459 e. The van der Waals surface area contributed by atoms with Crippen LogP contribution in [0, 0.1) is 5.92 Å². The van der Waals surface area contributed by atoms with Crippen molar-refractivity contribution in [2.24, 2.45) is 5.92 Å². The van der Waals surface area contributed by atoms with Crippen LogP contribution in [-0.2, 0) is 25.5 Å². The lowest BCUT2D eigenvalue weighted by Crippen LogP contribution is -2.47. The molecule has 0 saturated heterocycles. The first-order valence-electron chi connectivity index (χ1n) is 9.18. The summed E-state index contributed by atoms with van der Waals surface area (Å²) in [4.78, 5) is 24.4. The molecule has 0 radical (unpaired) electrons. The Morgan fingerprint density at radius 3 is 2.00 bits per heavy atom. The van der Waals surface area contributed by atoms with Crippen molar-refractivity contribution < 1.29 is 19.1 Å². The molecule has 1 rings (SSSR count). The third-order valence-corrected chi connectivity index (χ3v) is 5.20. The van der Waals surface area contributed by atoms with E-state index in [1.165, 1.54) is 6.92 Å². The molecule has 0 fully saturated rings. The van der Waals surface area contributed by atoms with Gasteiger partial charge in [-0.2, -0.15) is 0 Å². The van der Waals surface area contributed by atoms with Gasteiger partial charge in [0.2, 0.25) is 0 Å². The number of rotatable bonds is 9. The summed E-state index contributed by atoms with van der Waals surface area (Å²) >= 11 is 0. The average molecular weight is 348 g/mol. The lowest BCUT2D eigenvalue weighted by molar-refractivity contribution is -0.183. The lowest BCUT2D eigenvalue weighted by atomic mass is 9.83. The zero-order valence-corrected chi connectivity index (χ0v) is 16.4. The fraction of sp³-hybridized carbons (Fsp3) is 0.619. The third kappa shape index (κ3) is 5.58. The highest BCUT2D eigenvalue weighted by atomic mass is 16.6. The van der Waals surface area contributed by atoms with Gasteiger partial charge in [-0.15, -0.1) is 0 Å². The van der Waals surface area contributed by atoms with Crippen molar-refractivity contribution in [2.45, 2.75) is 78.4 Å². The maximum Gasteiger partial charge on any atom is 0.313 e. The standard InChI is InChI=1S/C21H32O4/c1-7-20(6,15-18-13-11-10-12-14-18)25-19(23)16(4)21(8-2,9-3)24-17(5)22/h10-14,16H,7-9,15H2,1-6H3/t16-,20?/m0/s1. The van der Waals surface area contributed by atoms with Gasteiger partial charge >= 0.3 is 11.9 Å². The van der Waals surface area contributed by atoms with Crippen molar-refractivity contribution in [3.05, 3.63) is 35.9 Å². The van der Waals surface area contributed by atoms with Crippen LogP contribution in [0.5, 0.6) is 0 Å². The maximum atomic E-state index is 12.8. The van der Waals surface area contributed by atoms with Gasteiger partial charge in [0.15, 0.2) is 0 Å². The van der Waals surface area contributed by atoms with E-state index in [4.69, 9.17) is 9.47 Å². The van der Waals surface area contributed by atoms with E-state index in [1.54, 1.807) is 6.92 Å². The highest BCUT2D eigenvalue weighted by Crippen LogP contribution is 2.33. The van der Waals surface area contributed by atoms with Crippen LogP contribution in [0.25, 0.3) is 0 Å². The van der Waals surface area contributed by atoms with Gasteiger partial charge in [-0.1, -0.05) is 51.1 Å². The van der Waals surface area contributed by atoms with E-state index in [1.807, 2.05) is 58.0 Å². The molecule has 0 N–H and O–H groups in total. The Morgan fingerprint density at radius 1 is 1.00 bits per heavy atom. The summed E-state index contributed by atoms with van der Waals surface area (Å²) in [6.45, 7) is 11.0. The first-order valence-corrected chi connectivity index (χ1v) is 9.18. The third-order valence-electron chi connectivity index (χ3n) is 5.20. The number of carbonyl (C=O) groups excluding carboxylic acids is 2. The number of hydrogen-bond donors (Lipinski definition) is 0. The molecule has 4 heteroatoms. The number of ether oxygens (including phenoxy) is 2. The molecular formula is C21H32O4. The monoisotopic (exact) mass is 348 g/mol. The first kappa shape index (κ1) is 21.2. The van der Waals surface area contributed by atoms with Crippen molar-refractivity contribution in [2.75, 3.05) is 0 Å². The van der Waals surface area contributed by atoms with Gasteiger partial charge in [0.05, 0.1) is 5.92 Å². The van der Waals surface area contributed by atoms with E-state index in [0.29, 0.717) is 25.7 Å². The van der Waals surface area contributed by atoms with Crippen molar-refractivity contribution >= 4 is 11.9 Å². The second-order valence-corrected chi connectivity index (χ2v) is 6.97. The Kier molecular flexibility index (Phi) is 7.65. The minimum Gasteiger partial charge on any atom is -0.459 e. The summed E-state index contributed by atoms with van der Waals surface area (Å²) in [6.07, 6.45) is 2.50. The fourth-order valence-electron chi connectivity index (χ4n) is 3.19. The van der Waals surface area contributed by atoms with E-state index < -0.39 is 17.1 Å². The molecule has 0 aromatic heterocycles. The van der Waals surface area contributed by atoms with Crippen LogP contribution in [-0.4, -0.2) is 23.1 Å². The van der Waals surface area contributed by atoms with Crippen LogP contribution in [0.4, 0.5) is 0 Å². The van der Waals surface area contributed by atoms with Gasteiger partial charge in [-0.3, -0.25) is 9.59 Å². The highest BCUT2D eigenvalue weighted by Gasteiger charge is 2.43. The SMILES string of the molecule is CCC(C)(Cc1ccccc1)OC(=O)[C@H](C)C(CC)(CC)OC(C)=O. The maximum absolute atomic E-state index is 12.8. The summed E-state index contributed by atoms with van der Waals surface area (Å²) in [6, 6.07) is 10.0. The molecule has 0 amide bonds. The van der Waals surface area contributed by atoms with E-state index in [-0.39, 0.29) is 11.9 Å². The molecule has 1 unspecified atom stereocenters. The normalized spacial score (nSPS) is 15.1. The molecule has 0 saturated carbocycles. The van der Waals surface area contributed by atoms with E-state index >= 15 is 0 Å². The van der Waals surface area contributed by atoms with Crippen LogP contribution < -0.4 is 0 Å². The molecule has 0 aliphatic rings. The molecule has 4 nitrogen and oxygen atoms in total. The Balaban J connectivity index is 2.93. The van der Waals surface area contributed by atoms with Crippen LogP contribution in [0.2, 0.25) is 0 Å². The Hall–Kier alpha value is -1.84. The molecule has 0 aliphatic heterocycles. The van der Waals surface area contributed by atoms with Gasteiger partial charge in [-0.05, 0) is 38.7 Å². The smallest absolute Gasteiger partial charge is 0.313 e. The van der Waals surface area contributed by atoms with Gasteiger partial charge < -0.3 is 9.47 Å². The van der Waals surface area contributed by atoms with Crippen molar-refractivity contribution in [1.29, 1.82) is 0 Å². The highest BCUT2D eigenvalue weighted by molar-refractivity contribution is 5.75. The Labute approximate surface area is 151 Å². The van der Waals surface area contributed by atoms with Gasteiger partial charge in [0.25, 0.3) is 0 Å². The van der Waals surface area contributed by atoms with E-state index in [9.17, 15) is 9.59 Å². The van der Waals surface area contributed by atoms with Crippen LogP contribution in [0.1, 0.15) is 66.4 Å². The molecule has 0 spiro atoms. The summed E-state index contributed by atoms with van der Waals surface area (Å²) in [5.74, 6) is -1.20. The quantitative estimate of drug-likeness (QED) is 0.607. The molecule has 25 heavy (non-hydrogen) atoms. The molecule has 1 aromatic carbocycles. The summed E-state index contributed by atoms with van der Waals surface area (Å²) in [7, 11) is 0. The molecule has 1 aromatic rings. The van der Waals surface area contributed by atoms with Gasteiger partial charge in [-0.25, -0.2) is 0 Å². The molecule has 0 aliphatic carbocycles. The number of esters is 2. The van der Waals surface area contributed by atoms with Gasteiger partial charge in [0, 0.05) is 13.3 Å². The minimum absolute atomic E-state index is 0.315. The molecule has 0 heterocycles. The Morgan fingerprint density at radius 2 is 1.56 bits per heavy atom. The molecule has 0 bridgehead atoms. The fourth-order valence-corrected chi connectivity index (χ4v) is 3.19. The number of benzene rings is 1. The van der Waals surface area contributed by atoms with Crippen molar-refractivity contribution in [1.82, 2.24) is 0 Å². The van der Waals surface area contributed by atoms with Gasteiger partial charge in [0.1, 0.15) is 11.2 Å². The first-order chi connectivity index (χ1) is 11.7. The average Bonchev–Trinajstić information content (AvgIpc) is 2.59. The zero-order chi connectivity index (χ0) is 19.1. The summed E-state index contributed by atoms with van der Waals surface area (Å²) in [5.41, 5.74) is -0.273. The van der Waals surface area contributed by atoms with E-state index in [2.05, 4.69) is 0 Å². The van der Waals surface area contributed by atoms with Crippen LogP contribution in [0.3, 0.4) is 0 Å². The predicted octanol–water partition coefficient (Wildman–Crippen LogP) is 4.70. The minimum atomic E-state index is -0.815.